The summed E-state index contributed by atoms with van der Waals surface area (Å²) < 4.78 is 46.0. The fourth-order valence-electron chi connectivity index (χ4n) is 3.99. The van der Waals surface area contributed by atoms with Crippen molar-refractivity contribution in [2.75, 3.05) is 7.11 Å². The molecule has 0 aliphatic rings. The summed E-state index contributed by atoms with van der Waals surface area (Å²) in [5.74, 6) is 1.05. The van der Waals surface area contributed by atoms with Crippen LogP contribution in [0.1, 0.15) is 40.7 Å². The van der Waals surface area contributed by atoms with Gasteiger partial charge >= 0.3 is 6.18 Å². The molecule has 0 saturated carbocycles. The predicted molar refractivity (Wildman–Crippen MR) is 124 cm³/mol. The zero-order valence-corrected chi connectivity index (χ0v) is 19.8. The first-order chi connectivity index (χ1) is 15.9. The Hall–Kier alpha value is -3.10. The SMILES string of the molecule is COc1nc2ccc([C@@](C)(O)c3cnc(C)n3C)cc2c(Cl)c1Cc1ccc(C(F)(F)F)cc1. The minimum Gasteiger partial charge on any atom is -0.481 e. The van der Waals surface area contributed by atoms with Crippen LogP contribution in [0.3, 0.4) is 0 Å². The van der Waals surface area contributed by atoms with Crippen molar-refractivity contribution in [3.8, 4) is 5.88 Å². The topological polar surface area (TPSA) is 60.2 Å². The number of hydrogen-bond acceptors (Lipinski definition) is 4. The number of aliphatic hydroxyl groups is 1. The molecule has 9 heteroatoms. The lowest BCUT2D eigenvalue weighted by Crippen LogP contribution is -2.26. The smallest absolute Gasteiger partial charge is 0.416 e. The van der Waals surface area contributed by atoms with Crippen molar-refractivity contribution in [1.82, 2.24) is 14.5 Å². The molecule has 0 aliphatic heterocycles. The lowest BCUT2D eigenvalue weighted by atomic mass is 9.91. The van der Waals surface area contributed by atoms with E-state index < -0.39 is 17.3 Å². The van der Waals surface area contributed by atoms with E-state index in [-0.39, 0.29) is 6.42 Å². The van der Waals surface area contributed by atoms with Crippen LogP contribution in [0.15, 0.2) is 48.7 Å². The van der Waals surface area contributed by atoms with Crippen LogP contribution in [0.2, 0.25) is 5.02 Å². The summed E-state index contributed by atoms with van der Waals surface area (Å²) >= 11 is 6.78. The summed E-state index contributed by atoms with van der Waals surface area (Å²) in [6.07, 6.45) is -2.55. The predicted octanol–water partition coefficient (Wildman–Crippen LogP) is 5.80. The molecule has 2 heterocycles. The van der Waals surface area contributed by atoms with Crippen molar-refractivity contribution in [3.63, 3.8) is 0 Å². The maximum absolute atomic E-state index is 12.9. The van der Waals surface area contributed by atoms with Gasteiger partial charge in [0.2, 0.25) is 5.88 Å². The number of fused-ring (bicyclic) bond motifs is 1. The van der Waals surface area contributed by atoms with Crippen LogP contribution in [0.4, 0.5) is 13.2 Å². The molecule has 4 rings (SSSR count). The van der Waals surface area contributed by atoms with E-state index in [1.54, 1.807) is 31.3 Å². The Morgan fingerprint density at radius 1 is 1.09 bits per heavy atom. The second-order valence-electron chi connectivity index (χ2n) is 8.34. The monoisotopic (exact) mass is 489 g/mol. The van der Waals surface area contributed by atoms with Gasteiger partial charge in [0, 0.05) is 24.4 Å². The van der Waals surface area contributed by atoms with Crippen LogP contribution in [-0.2, 0) is 25.2 Å². The molecule has 1 N–H and O–H groups in total. The minimum atomic E-state index is -4.40. The Balaban J connectivity index is 1.79. The lowest BCUT2D eigenvalue weighted by Gasteiger charge is -2.25. The highest BCUT2D eigenvalue weighted by atomic mass is 35.5. The van der Waals surface area contributed by atoms with Crippen molar-refractivity contribution < 1.29 is 23.0 Å². The fourth-order valence-corrected chi connectivity index (χ4v) is 4.28. The molecular weight excluding hydrogens is 467 g/mol. The first-order valence-corrected chi connectivity index (χ1v) is 10.8. The van der Waals surface area contributed by atoms with Gasteiger partial charge in [0.05, 0.1) is 35.1 Å². The maximum Gasteiger partial charge on any atom is 0.416 e. The van der Waals surface area contributed by atoms with Gasteiger partial charge in [-0.2, -0.15) is 13.2 Å². The van der Waals surface area contributed by atoms with Crippen molar-refractivity contribution in [2.45, 2.75) is 32.0 Å². The van der Waals surface area contributed by atoms with Crippen molar-refractivity contribution in [2.24, 2.45) is 7.05 Å². The van der Waals surface area contributed by atoms with Crippen LogP contribution in [0.25, 0.3) is 10.9 Å². The fraction of sp³-hybridized carbons (Fsp3) is 0.280. The molecule has 0 amide bonds. The summed E-state index contributed by atoms with van der Waals surface area (Å²) in [5.41, 5.74) is 0.889. The number of halogens is 4. The maximum atomic E-state index is 12.9. The Labute approximate surface area is 199 Å². The van der Waals surface area contributed by atoms with Gasteiger partial charge < -0.3 is 14.4 Å². The standard InChI is InChI=1S/C25H23ClF3N3O2/c1-14-30-13-21(32(14)3)24(2,33)17-9-10-20-18(12-17)22(26)19(23(31-20)34-4)11-15-5-7-16(8-6-15)25(27,28)29/h5-10,12-13,33H,11H2,1-4H3/t24-/m1/s1. The van der Waals surface area contributed by atoms with Gasteiger partial charge in [-0.3, -0.25) is 0 Å². The van der Waals surface area contributed by atoms with Gasteiger partial charge in [-0.1, -0.05) is 29.8 Å². The number of rotatable bonds is 5. The molecule has 0 aliphatic carbocycles. The van der Waals surface area contributed by atoms with Crippen molar-refractivity contribution >= 4 is 22.5 Å². The zero-order chi connectivity index (χ0) is 24.8. The van der Waals surface area contributed by atoms with Gasteiger partial charge in [-0.05, 0) is 49.2 Å². The quantitative estimate of drug-likeness (QED) is 0.384. The van der Waals surface area contributed by atoms with E-state index in [0.29, 0.717) is 44.2 Å². The van der Waals surface area contributed by atoms with Crippen LogP contribution in [-0.4, -0.2) is 26.8 Å². The second kappa shape index (κ2) is 8.60. The minimum absolute atomic E-state index is 0.227. The third-order valence-corrected chi connectivity index (χ3v) is 6.55. The van der Waals surface area contributed by atoms with Crippen molar-refractivity contribution in [1.29, 1.82) is 0 Å². The third-order valence-electron chi connectivity index (χ3n) is 6.11. The summed E-state index contributed by atoms with van der Waals surface area (Å²) in [4.78, 5) is 8.81. The number of nitrogens with zero attached hydrogens (tertiary/aromatic N) is 3. The van der Waals surface area contributed by atoms with E-state index in [1.165, 1.54) is 19.2 Å². The molecule has 4 aromatic rings. The number of pyridine rings is 1. The molecule has 2 aromatic heterocycles. The van der Waals surface area contributed by atoms with E-state index in [2.05, 4.69) is 9.97 Å². The third kappa shape index (κ3) is 4.23. The van der Waals surface area contributed by atoms with Crippen LogP contribution in [0, 0.1) is 6.92 Å². The molecule has 0 fully saturated rings. The van der Waals surface area contributed by atoms with Gasteiger partial charge in [0.25, 0.3) is 0 Å². The number of benzene rings is 2. The number of hydrogen-bond donors (Lipinski definition) is 1. The number of imidazole rings is 1. The molecular formula is C25H23ClF3N3O2. The van der Waals surface area contributed by atoms with Crippen LogP contribution < -0.4 is 4.74 Å². The van der Waals surface area contributed by atoms with Gasteiger partial charge in [-0.15, -0.1) is 0 Å². The average molecular weight is 490 g/mol. The second-order valence-corrected chi connectivity index (χ2v) is 8.72. The van der Waals surface area contributed by atoms with Gasteiger partial charge in [-0.25, -0.2) is 9.97 Å². The lowest BCUT2D eigenvalue weighted by molar-refractivity contribution is -0.137. The first kappa shape index (κ1) is 24.0. The van der Waals surface area contributed by atoms with Crippen molar-refractivity contribution in [3.05, 3.63) is 87.5 Å². The molecule has 178 valence electrons. The van der Waals surface area contributed by atoms with E-state index in [1.807, 2.05) is 18.5 Å². The number of alkyl halides is 3. The number of aromatic nitrogens is 3. The van der Waals surface area contributed by atoms with E-state index in [0.717, 1.165) is 18.0 Å². The molecule has 1 atom stereocenters. The molecule has 0 spiro atoms. The Morgan fingerprint density at radius 2 is 1.74 bits per heavy atom. The molecule has 0 unspecified atom stereocenters. The van der Waals surface area contributed by atoms with Gasteiger partial charge in [0.15, 0.2) is 0 Å². The van der Waals surface area contributed by atoms with E-state index in [9.17, 15) is 18.3 Å². The highest BCUT2D eigenvalue weighted by molar-refractivity contribution is 6.36. The number of methoxy groups -OCH3 is 1. The highest BCUT2D eigenvalue weighted by Crippen LogP contribution is 2.38. The Bertz CT molecular complexity index is 1360. The number of aryl methyl sites for hydroxylation is 1. The number of ether oxygens (including phenoxy) is 1. The van der Waals surface area contributed by atoms with Crippen LogP contribution >= 0.6 is 11.6 Å². The first-order valence-electron chi connectivity index (χ1n) is 10.5. The summed E-state index contributed by atoms with van der Waals surface area (Å²) in [5, 5.41) is 12.3. The molecule has 5 nitrogen and oxygen atoms in total. The highest BCUT2D eigenvalue weighted by Gasteiger charge is 2.31. The molecule has 34 heavy (non-hydrogen) atoms. The molecule has 0 radical (unpaired) electrons. The zero-order valence-electron chi connectivity index (χ0n) is 19.0. The van der Waals surface area contributed by atoms with Crippen LogP contribution in [0.5, 0.6) is 5.88 Å². The molecule has 2 aromatic carbocycles. The summed E-state index contributed by atoms with van der Waals surface area (Å²) in [6.45, 7) is 3.53. The van der Waals surface area contributed by atoms with E-state index >= 15 is 0 Å². The summed E-state index contributed by atoms with van der Waals surface area (Å²) in [6, 6.07) is 10.2. The molecule has 0 saturated heterocycles. The molecule has 0 bridgehead atoms. The largest absolute Gasteiger partial charge is 0.481 e. The normalized spacial score (nSPS) is 13.8. The Kier molecular flexibility index (Phi) is 6.08. The van der Waals surface area contributed by atoms with Gasteiger partial charge in [0.1, 0.15) is 11.4 Å². The van der Waals surface area contributed by atoms with E-state index in [4.69, 9.17) is 16.3 Å². The average Bonchev–Trinajstić information content (AvgIpc) is 3.14. The summed E-state index contributed by atoms with van der Waals surface area (Å²) in [7, 11) is 3.29. The Morgan fingerprint density at radius 3 is 2.29 bits per heavy atom.